The third-order valence-electron chi connectivity index (χ3n) is 2.31. The van der Waals surface area contributed by atoms with Gasteiger partial charge in [-0.1, -0.05) is 30.3 Å². The second-order valence-corrected chi connectivity index (χ2v) is 3.59. The molecule has 5 nitrogen and oxygen atoms in total. The molecule has 5 heteroatoms. The number of benzene rings is 1. The van der Waals surface area contributed by atoms with E-state index >= 15 is 0 Å². The van der Waals surface area contributed by atoms with E-state index in [4.69, 9.17) is 0 Å². The zero-order valence-corrected chi connectivity index (χ0v) is 9.87. The predicted octanol–water partition coefficient (Wildman–Crippen LogP) is 1.63. The second-order valence-electron chi connectivity index (χ2n) is 3.59. The van der Waals surface area contributed by atoms with E-state index in [2.05, 4.69) is 20.5 Å². The van der Waals surface area contributed by atoms with Gasteiger partial charge in [-0.25, -0.2) is 10.4 Å². The Morgan fingerprint density at radius 2 is 2.00 bits per heavy atom. The van der Waals surface area contributed by atoms with E-state index in [0.717, 1.165) is 11.3 Å². The standard InChI is InChI=1S/C13H12N4O/c1-10(11-5-3-2-4-6-11)16-17-13(18)12-9-14-7-8-15-12/h2-9H,1H3,(H,17,18)/b16-10+. The van der Waals surface area contributed by atoms with Crippen LogP contribution in [0, 0.1) is 0 Å². The van der Waals surface area contributed by atoms with Crippen LogP contribution in [0.2, 0.25) is 0 Å². The fraction of sp³-hybridized carbons (Fsp3) is 0.0769. The fourth-order valence-corrected chi connectivity index (χ4v) is 1.35. The van der Waals surface area contributed by atoms with Gasteiger partial charge in [-0.05, 0) is 12.5 Å². The summed E-state index contributed by atoms with van der Waals surface area (Å²) >= 11 is 0. The van der Waals surface area contributed by atoms with Gasteiger partial charge < -0.3 is 0 Å². The van der Waals surface area contributed by atoms with Crippen molar-refractivity contribution in [3.63, 3.8) is 0 Å². The topological polar surface area (TPSA) is 67.2 Å². The summed E-state index contributed by atoms with van der Waals surface area (Å²) in [7, 11) is 0. The second kappa shape index (κ2) is 5.67. The van der Waals surface area contributed by atoms with Crippen molar-refractivity contribution in [1.29, 1.82) is 0 Å². The number of hydrogen-bond donors (Lipinski definition) is 1. The van der Waals surface area contributed by atoms with Crippen molar-refractivity contribution >= 4 is 11.6 Å². The van der Waals surface area contributed by atoms with Gasteiger partial charge in [0, 0.05) is 12.4 Å². The molecule has 1 heterocycles. The number of hydrazone groups is 1. The smallest absolute Gasteiger partial charge is 0.265 e. The highest BCUT2D eigenvalue weighted by molar-refractivity contribution is 6.00. The van der Waals surface area contributed by atoms with E-state index in [-0.39, 0.29) is 11.6 Å². The van der Waals surface area contributed by atoms with Crippen molar-refractivity contribution in [1.82, 2.24) is 15.4 Å². The van der Waals surface area contributed by atoms with Gasteiger partial charge in [-0.3, -0.25) is 9.78 Å². The first-order valence-electron chi connectivity index (χ1n) is 5.43. The SMILES string of the molecule is C/C(=N\NC(=O)c1cnccn1)c1ccccc1. The number of aromatic nitrogens is 2. The molecule has 0 aliphatic heterocycles. The summed E-state index contributed by atoms with van der Waals surface area (Å²) in [6.45, 7) is 1.83. The summed E-state index contributed by atoms with van der Waals surface area (Å²) in [6, 6.07) is 9.60. The maximum absolute atomic E-state index is 11.7. The number of hydrogen-bond acceptors (Lipinski definition) is 4. The summed E-state index contributed by atoms with van der Waals surface area (Å²) in [5, 5.41) is 4.02. The maximum Gasteiger partial charge on any atom is 0.291 e. The molecule has 1 aromatic heterocycles. The van der Waals surface area contributed by atoms with Crippen molar-refractivity contribution < 1.29 is 4.79 Å². The first kappa shape index (κ1) is 11.9. The van der Waals surface area contributed by atoms with Gasteiger partial charge in [0.15, 0.2) is 0 Å². The summed E-state index contributed by atoms with van der Waals surface area (Å²) < 4.78 is 0. The molecule has 0 aliphatic rings. The minimum Gasteiger partial charge on any atom is -0.265 e. The van der Waals surface area contributed by atoms with Crippen LogP contribution in [-0.4, -0.2) is 21.6 Å². The van der Waals surface area contributed by atoms with Crippen LogP contribution in [0.1, 0.15) is 23.0 Å². The number of carbonyl (C=O) groups excluding carboxylic acids is 1. The van der Waals surface area contributed by atoms with Crippen LogP contribution < -0.4 is 5.43 Å². The summed E-state index contributed by atoms with van der Waals surface area (Å²) in [6.07, 6.45) is 4.36. The van der Waals surface area contributed by atoms with Crippen LogP contribution in [-0.2, 0) is 0 Å². The number of nitrogens with zero attached hydrogens (tertiary/aromatic N) is 3. The summed E-state index contributed by atoms with van der Waals surface area (Å²) in [5.74, 6) is -0.376. The maximum atomic E-state index is 11.7. The van der Waals surface area contributed by atoms with Crippen molar-refractivity contribution in [3.8, 4) is 0 Å². The Labute approximate surface area is 105 Å². The lowest BCUT2D eigenvalue weighted by Crippen LogP contribution is -2.20. The number of carbonyl (C=O) groups is 1. The molecule has 0 atom stereocenters. The molecule has 1 aromatic carbocycles. The van der Waals surface area contributed by atoms with Gasteiger partial charge in [-0.15, -0.1) is 0 Å². The Balaban J connectivity index is 2.05. The molecule has 0 radical (unpaired) electrons. The monoisotopic (exact) mass is 240 g/mol. The number of nitrogens with one attached hydrogen (secondary N) is 1. The molecule has 0 spiro atoms. The third kappa shape index (κ3) is 2.98. The average Bonchev–Trinajstić information content (AvgIpc) is 2.46. The molecule has 0 saturated heterocycles. The molecule has 2 aromatic rings. The van der Waals surface area contributed by atoms with Gasteiger partial charge in [0.05, 0.1) is 11.9 Å². The Morgan fingerprint density at radius 3 is 2.67 bits per heavy atom. The quantitative estimate of drug-likeness (QED) is 0.655. The highest BCUT2D eigenvalue weighted by Gasteiger charge is 2.05. The Bertz CT molecular complexity index is 552. The number of rotatable bonds is 3. The van der Waals surface area contributed by atoms with E-state index in [0.29, 0.717) is 0 Å². The zero-order chi connectivity index (χ0) is 12.8. The highest BCUT2D eigenvalue weighted by atomic mass is 16.2. The molecule has 90 valence electrons. The van der Waals surface area contributed by atoms with Crippen molar-refractivity contribution in [2.45, 2.75) is 6.92 Å². The minimum absolute atomic E-state index is 0.238. The molecule has 0 bridgehead atoms. The van der Waals surface area contributed by atoms with E-state index in [1.165, 1.54) is 18.6 Å². The van der Waals surface area contributed by atoms with Crippen molar-refractivity contribution in [3.05, 3.63) is 60.2 Å². The average molecular weight is 240 g/mol. The molecule has 0 aliphatic carbocycles. The van der Waals surface area contributed by atoms with Crippen LogP contribution in [0.4, 0.5) is 0 Å². The molecular formula is C13H12N4O. The van der Waals surface area contributed by atoms with Crippen LogP contribution in [0.15, 0.2) is 54.0 Å². The normalized spacial score (nSPS) is 11.1. The molecule has 2 rings (SSSR count). The van der Waals surface area contributed by atoms with Gasteiger partial charge in [0.25, 0.3) is 5.91 Å². The fourth-order valence-electron chi connectivity index (χ4n) is 1.35. The summed E-state index contributed by atoms with van der Waals surface area (Å²) in [5.41, 5.74) is 4.37. The lowest BCUT2D eigenvalue weighted by atomic mass is 10.1. The molecule has 0 unspecified atom stereocenters. The van der Waals surface area contributed by atoms with E-state index in [1.54, 1.807) is 0 Å². The third-order valence-corrected chi connectivity index (χ3v) is 2.31. The molecule has 1 amide bonds. The van der Waals surface area contributed by atoms with Crippen molar-refractivity contribution in [2.75, 3.05) is 0 Å². The molecule has 18 heavy (non-hydrogen) atoms. The first-order chi connectivity index (χ1) is 8.77. The van der Waals surface area contributed by atoms with Crippen LogP contribution >= 0.6 is 0 Å². The molecule has 1 N–H and O–H groups in total. The Kier molecular flexibility index (Phi) is 3.76. The lowest BCUT2D eigenvalue weighted by molar-refractivity contribution is 0.0949. The first-order valence-corrected chi connectivity index (χ1v) is 5.43. The molecular weight excluding hydrogens is 228 g/mol. The Hall–Kier alpha value is -2.56. The van der Waals surface area contributed by atoms with E-state index in [1.807, 2.05) is 37.3 Å². The van der Waals surface area contributed by atoms with Crippen LogP contribution in [0.25, 0.3) is 0 Å². The lowest BCUT2D eigenvalue weighted by Gasteiger charge is -2.01. The van der Waals surface area contributed by atoms with E-state index in [9.17, 15) is 4.79 Å². The van der Waals surface area contributed by atoms with Gasteiger partial charge in [-0.2, -0.15) is 5.10 Å². The van der Waals surface area contributed by atoms with Crippen molar-refractivity contribution in [2.24, 2.45) is 5.10 Å². The van der Waals surface area contributed by atoms with Gasteiger partial charge in [0.1, 0.15) is 5.69 Å². The van der Waals surface area contributed by atoms with Gasteiger partial charge >= 0.3 is 0 Å². The van der Waals surface area contributed by atoms with Crippen LogP contribution in [0.5, 0.6) is 0 Å². The highest BCUT2D eigenvalue weighted by Crippen LogP contribution is 2.00. The van der Waals surface area contributed by atoms with Crippen LogP contribution in [0.3, 0.4) is 0 Å². The number of amides is 1. The minimum atomic E-state index is -0.376. The van der Waals surface area contributed by atoms with E-state index < -0.39 is 0 Å². The Morgan fingerprint density at radius 1 is 1.22 bits per heavy atom. The molecule has 0 saturated carbocycles. The molecule has 0 fully saturated rings. The largest absolute Gasteiger partial charge is 0.291 e. The predicted molar refractivity (Wildman–Crippen MR) is 68.2 cm³/mol. The zero-order valence-electron chi connectivity index (χ0n) is 9.87. The van der Waals surface area contributed by atoms with Gasteiger partial charge in [0.2, 0.25) is 0 Å². The summed E-state index contributed by atoms with van der Waals surface area (Å²) in [4.78, 5) is 19.4.